The number of nitrogens with one attached hydrogen (secondary N) is 2. The van der Waals surface area contributed by atoms with Crippen LogP contribution in [0.3, 0.4) is 0 Å². The first-order chi connectivity index (χ1) is 14.8. The molecule has 0 aromatic heterocycles. The Kier molecular flexibility index (Phi) is 27.1. The van der Waals surface area contributed by atoms with Crippen LogP contribution in [-0.4, -0.2) is 75.5 Å². The number of hydrogen-bond donors (Lipinski definition) is 6. The first kappa shape index (κ1) is 40.5. The van der Waals surface area contributed by atoms with Crippen LogP contribution in [0.4, 0.5) is 0 Å². The standard InChI is InChI=1S/2C9H12NO4S2.2Na/c2*1-3-5(7(11)12)10-9(15)16-6(4-2)8(13)14;;/h2*3-6,16H,1-2H2,(H,10,15)(H,11,12)(H,13,14);;/q2*-1;2*+1. The molecule has 10 nitrogen and oxygen atoms in total. The summed E-state index contributed by atoms with van der Waals surface area (Å²) < 4.78 is 0.249. The molecule has 0 fully saturated rings. The first-order valence-corrected chi connectivity index (χ1v) is 11.0. The molecular formula is C18H24N2Na2O8S4. The minimum atomic E-state index is -1.13. The Labute approximate surface area is 260 Å². The Morgan fingerprint density at radius 3 is 1.03 bits per heavy atom. The predicted octanol–water partition coefficient (Wildman–Crippen LogP) is -6.08. The van der Waals surface area contributed by atoms with Gasteiger partial charge in [-0.3, -0.25) is 9.59 Å². The molecule has 0 saturated carbocycles. The van der Waals surface area contributed by atoms with Crippen LogP contribution in [0.5, 0.6) is 0 Å². The summed E-state index contributed by atoms with van der Waals surface area (Å²) in [6.45, 7) is 13.4. The minimum Gasteiger partial charge on any atom is -0.482 e. The Balaban J connectivity index is -0.000000250. The Morgan fingerprint density at radius 2 is 0.882 bits per heavy atom. The van der Waals surface area contributed by atoms with Gasteiger partial charge in [0, 0.05) is 0 Å². The number of carboxylic acids is 4. The van der Waals surface area contributed by atoms with Crippen molar-refractivity contribution >= 4 is 80.5 Å². The second-order valence-corrected chi connectivity index (χ2v) is 9.24. The van der Waals surface area contributed by atoms with Gasteiger partial charge in [0.2, 0.25) is 0 Å². The zero-order chi connectivity index (χ0) is 25.4. The number of hydrogen-bond acceptors (Lipinski definition) is 8. The maximum atomic E-state index is 10.7. The molecule has 16 heteroatoms. The van der Waals surface area contributed by atoms with Crippen molar-refractivity contribution in [3.8, 4) is 0 Å². The largest absolute Gasteiger partial charge is 1.00 e. The minimum absolute atomic E-state index is 0. The van der Waals surface area contributed by atoms with Crippen LogP contribution in [0, 0.1) is 0 Å². The summed E-state index contributed by atoms with van der Waals surface area (Å²) in [4.78, 5) is 42.6. The summed E-state index contributed by atoms with van der Waals surface area (Å²) in [5.41, 5.74) is 0. The number of thiol groups is 2. The number of carboxylic acid groups (broad SMARTS) is 4. The van der Waals surface area contributed by atoms with Crippen LogP contribution in [0.1, 0.15) is 0 Å². The maximum absolute atomic E-state index is 10.7. The van der Waals surface area contributed by atoms with E-state index < -0.39 is 46.5 Å². The summed E-state index contributed by atoms with van der Waals surface area (Å²) in [6, 6.07) is -2.03. The molecule has 180 valence electrons. The Hall–Kier alpha value is -0.680. The Morgan fingerprint density at radius 1 is 0.618 bits per heavy atom. The second kappa shape index (κ2) is 22.8. The molecule has 0 aliphatic rings. The molecule has 0 aromatic carbocycles. The van der Waals surface area contributed by atoms with Crippen molar-refractivity contribution in [3.63, 3.8) is 0 Å². The number of rotatable bonds is 12. The van der Waals surface area contributed by atoms with Crippen molar-refractivity contribution < 1.29 is 98.7 Å². The van der Waals surface area contributed by atoms with Gasteiger partial charge in [-0.15, -0.1) is 26.3 Å². The molecule has 0 heterocycles. The van der Waals surface area contributed by atoms with Crippen LogP contribution < -0.4 is 69.7 Å². The van der Waals surface area contributed by atoms with E-state index in [0.29, 0.717) is 0 Å². The zero-order valence-electron chi connectivity index (χ0n) is 18.6. The summed E-state index contributed by atoms with van der Waals surface area (Å²) in [6.07, 6.45) is 4.82. The molecule has 34 heavy (non-hydrogen) atoms. The Bertz CT molecular complexity index is 674. The average molecular weight is 571 g/mol. The number of aliphatic carboxylic acids is 4. The summed E-state index contributed by atoms with van der Waals surface area (Å²) in [7, 11) is 0. The van der Waals surface area contributed by atoms with Gasteiger partial charge in [-0.2, -0.15) is 0 Å². The molecule has 0 spiro atoms. The predicted molar refractivity (Wildman–Crippen MR) is 135 cm³/mol. The molecular weight excluding hydrogens is 546 g/mol. The maximum Gasteiger partial charge on any atom is 1.00 e. The number of carbonyl (C=O) groups is 4. The zero-order valence-corrected chi connectivity index (χ0v) is 26.0. The fraction of sp³-hybridized carbons (Fsp3) is 0.222. The molecule has 0 rings (SSSR count). The molecule has 4 unspecified atom stereocenters. The quantitative estimate of drug-likeness (QED) is 0.0432. The number of thiocarbonyl (C=S) groups is 2. The third-order valence-electron chi connectivity index (χ3n) is 3.03. The van der Waals surface area contributed by atoms with Gasteiger partial charge in [-0.05, 0) is 19.1 Å². The topological polar surface area (TPSA) is 173 Å². The fourth-order valence-electron chi connectivity index (χ4n) is 1.45. The van der Waals surface area contributed by atoms with Gasteiger partial charge in [0.05, 0.1) is 0 Å². The van der Waals surface area contributed by atoms with Gasteiger partial charge in [-0.1, -0.05) is 48.7 Å². The van der Waals surface area contributed by atoms with Crippen LogP contribution in [0.15, 0.2) is 50.6 Å². The molecule has 0 aliphatic heterocycles. The van der Waals surface area contributed by atoms with E-state index in [0.717, 1.165) is 0 Å². The van der Waals surface area contributed by atoms with Gasteiger partial charge in [0.15, 0.2) is 0 Å². The summed E-state index contributed by atoms with van der Waals surface area (Å²) in [5.74, 6) is -4.38. The van der Waals surface area contributed by atoms with Gasteiger partial charge in [0.25, 0.3) is 11.9 Å². The van der Waals surface area contributed by atoms with E-state index in [1.54, 1.807) is 0 Å². The van der Waals surface area contributed by atoms with E-state index in [1.165, 1.54) is 24.3 Å². The van der Waals surface area contributed by atoms with E-state index in [2.05, 4.69) is 36.9 Å². The van der Waals surface area contributed by atoms with Gasteiger partial charge >= 0.3 is 71.1 Å². The van der Waals surface area contributed by atoms with Crippen molar-refractivity contribution in [2.45, 2.75) is 22.6 Å². The van der Waals surface area contributed by atoms with Gasteiger partial charge in [0.1, 0.15) is 12.1 Å². The molecule has 6 N–H and O–H groups in total. The first-order valence-electron chi connectivity index (χ1n) is 8.28. The fourth-order valence-corrected chi connectivity index (χ4v) is 3.75. The molecule has 0 bridgehead atoms. The van der Waals surface area contributed by atoms with Crippen molar-refractivity contribution in [3.05, 3.63) is 50.6 Å². The molecule has 0 aromatic rings. The normalized spacial score (nSPS) is 12.7. The third kappa shape index (κ3) is 18.6. The van der Waals surface area contributed by atoms with Gasteiger partial charge < -0.3 is 54.6 Å². The molecule has 0 amide bonds. The van der Waals surface area contributed by atoms with Crippen molar-refractivity contribution in [1.82, 2.24) is 10.6 Å². The average Bonchev–Trinajstić information content (AvgIpc) is 2.71. The van der Waals surface area contributed by atoms with Crippen LogP contribution >= 0.6 is 24.4 Å². The van der Waals surface area contributed by atoms with E-state index in [9.17, 15) is 19.2 Å². The van der Waals surface area contributed by atoms with Crippen molar-refractivity contribution in [1.29, 1.82) is 0 Å². The van der Waals surface area contributed by atoms with Crippen molar-refractivity contribution in [2.24, 2.45) is 0 Å². The van der Waals surface area contributed by atoms with Crippen LogP contribution in [0.2, 0.25) is 0 Å². The molecule has 0 aliphatic carbocycles. The van der Waals surface area contributed by atoms with Crippen LogP contribution in [-0.2, 0) is 42.7 Å². The SMILES string of the molecule is C=CC(NC(=S)[SH-]C(C=C)C(=O)O)C(=O)O.C=CC(NC(=S)[SH-]C(C=C)C(=O)O)C(=O)O.[Na+].[Na+]. The summed E-state index contributed by atoms with van der Waals surface area (Å²) >= 11 is 10.2. The van der Waals surface area contributed by atoms with E-state index in [4.69, 9.17) is 44.9 Å². The third-order valence-corrected chi connectivity index (χ3v) is 6.04. The molecule has 4 atom stereocenters. The second-order valence-electron chi connectivity index (χ2n) is 5.30. The van der Waals surface area contributed by atoms with E-state index in [-0.39, 0.29) is 91.3 Å². The van der Waals surface area contributed by atoms with E-state index >= 15 is 0 Å². The van der Waals surface area contributed by atoms with E-state index in [1.807, 2.05) is 0 Å². The summed E-state index contributed by atoms with van der Waals surface area (Å²) in [5, 5.41) is 38.1. The molecule has 0 saturated heterocycles. The van der Waals surface area contributed by atoms with Crippen molar-refractivity contribution in [2.75, 3.05) is 0 Å². The van der Waals surface area contributed by atoms with Gasteiger partial charge in [-0.25, -0.2) is 9.59 Å². The smallest absolute Gasteiger partial charge is 0.482 e. The van der Waals surface area contributed by atoms with Crippen LogP contribution in [0.25, 0.3) is 0 Å². The monoisotopic (exact) mass is 570 g/mol. The molecule has 0 radical (unpaired) electrons.